The molecular weight excluding hydrogens is 392 g/mol. The van der Waals surface area contributed by atoms with Crippen LogP contribution in [0.1, 0.15) is 37.3 Å². The second-order valence-electron chi connectivity index (χ2n) is 4.88. The lowest BCUT2D eigenvalue weighted by Gasteiger charge is -2.13. The number of pyridine rings is 1. The summed E-state index contributed by atoms with van der Waals surface area (Å²) in [6.45, 7) is 0. The van der Waals surface area contributed by atoms with Gasteiger partial charge in [-0.05, 0) is 47.6 Å². The van der Waals surface area contributed by atoms with E-state index in [2.05, 4.69) is 37.5 Å². The Morgan fingerprint density at radius 3 is 2.60 bits per heavy atom. The summed E-state index contributed by atoms with van der Waals surface area (Å²) in [5, 5.41) is 0.448. The van der Waals surface area contributed by atoms with Gasteiger partial charge in [0.15, 0.2) is 5.82 Å². The van der Waals surface area contributed by atoms with E-state index in [0.717, 1.165) is 22.1 Å². The monoisotopic (exact) mass is 403 g/mol. The van der Waals surface area contributed by atoms with Gasteiger partial charge in [0.1, 0.15) is 16.7 Å². The average Bonchev–Trinajstić information content (AvgIpc) is 2.96. The van der Waals surface area contributed by atoms with Gasteiger partial charge in [0, 0.05) is 5.92 Å². The average molecular weight is 404 g/mol. The summed E-state index contributed by atoms with van der Waals surface area (Å²) < 4.78 is 13.9. The Kier molecular flexibility index (Phi) is 4.16. The van der Waals surface area contributed by atoms with E-state index in [-0.39, 0.29) is 5.82 Å². The number of hydrogen-bond donors (Lipinski definition) is 0. The molecule has 0 N–H and O–H groups in total. The van der Waals surface area contributed by atoms with Crippen molar-refractivity contribution in [2.45, 2.75) is 31.6 Å². The van der Waals surface area contributed by atoms with Crippen molar-refractivity contribution in [2.24, 2.45) is 0 Å². The van der Waals surface area contributed by atoms with E-state index < -0.39 is 0 Å². The number of rotatable bonds is 2. The fourth-order valence-electron chi connectivity index (χ4n) is 2.53. The first-order valence-electron chi connectivity index (χ1n) is 6.50. The van der Waals surface area contributed by atoms with Crippen LogP contribution >= 0.6 is 34.2 Å². The van der Waals surface area contributed by atoms with E-state index in [1.54, 1.807) is 6.07 Å². The molecule has 6 heteroatoms. The van der Waals surface area contributed by atoms with E-state index in [0.29, 0.717) is 22.6 Å². The normalized spacial score (nSPS) is 15.8. The van der Waals surface area contributed by atoms with Crippen LogP contribution in [0.4, 0.5) is 4.39 Å². The second-order valence-corrected chi connectivity index (χ2v) is 6.32. The van der Waals surface area contributed by atoms with Crippen LogP contribution in [0.15, 0.2) is 18.3 Å². The van der Waals surface area contributed by atoms with E-state index in [4.69, 9.17) is 11.6 Å². The van der Waals surface area contributed by atoms with Crippen LogP contribution in [0.25, 0.3) is 11.5 Å². The highest BCUT2D eigenvalue weighted by Crippen LogP contribution is 2.37. The third-order valence-corrected chi connectivity index (χ3v) is 5.19. The van der Waals surface area contributed by atoms with Crippen molar-refractivity contribution in [3.05, 3.63) is 38.6 Å². The topological polar surface area (TPSA) is 38.7 Å². The van der Waals surface area contributed by atoms with Crippen molar-refractivity contribution in [1.29, 1.82) is 0 Å². The van der Waals surface area contributed by atoms with Gasteiger partial charge in [0.05, 0.1) is 15.5 Å². The lowest BCUT2D eigenvalue weighted by Crippen LogP contribution is -2.05. The van der Waals surface area contributed by atoms with Crippen LogP contribution in [0.5, 0.6) is 0 Å². The molecule has 0 unspecified atom stereocenters. The zero-order valence-electron chi connectivity index (χ0n) is 10.6. The molecule has 3 rings (SSSR count). The Hall–Kier alpha value is -0.820. The van der Waals surface area contributed by atoms with E-state index >= 15 is 0 Å². The Bertz CT molecular complexity index is 627. The summed E-state index contributed by atoms with van der Waals surface area (Å²) in [5.41, 5.74) is 1.55. The minimum atomic E-state index is -0.374. The summed E-state index contributed by atoms with van der Waals surface area (Å²) in [6, 6.07) is 2.93. The van der Waals surface area contributed by atoms with Gasteiger partial charge in [0.2, 0.25) is 0 Å². The summed E-state index contributed by atoms with van der Waals surface area (Å²) >= 11 is 8.42. The molecule has 104 valence electrons. The highest BCUT2D eigenvalue weighted by Gasteiger charge is 2.23. The molecule has 0 aliphatic heterocycles. The van der Waals surface area contributed by atoms with Crippen LogP contribution in [0.2, 0.25) is 5.15 Å². The van der Waals surface area contributed by atoms with Crippen molar-refractivity contribution in [1.82, 2.24) is 15.0 Å². The van der Waals surface area contributed by atoms with E-state index in [1.165, 1.54) is 25.1 Å². The van der Waals surface area contributed by atoms with Gasteiger partial charge in [-0.2, -0.15) is 0 Å². The maximum Gasteiger partial charge on any atom is 0.179 e. The molecule has 0 radical (unpaired) electrons. The summed E-state index contributed by atoms with van der Waals surface area (Å²) in [5.74, 6) is 0.542. The molecule has 1 aliphatic carbocycles. The quantitative estimate of drug-likeness (QED) is 0.544. The molecule has 2 aromatic heterocycles. The maximum atomic E-state index is 12.9. The number of nitrogens with zero attached hydrogens (tertiary/aromatic N) is 3. The standard InChI is InChI=1S/C14H12ClFIN3/c15-13-11(17)12(8-3-1-2-4-8)19-14(20-13)10-6-5-9(16)7-18-10/h5-8H,1-4H2. The van der Waals surface area contributed by atoms with Gasteiger partial charge in [0.25, 0.3) is 0 Å². The van der Waals surface area contributed by atoms with E-state index in [1.807, 2.05) is 0 Å². The third kappa shape index (κ3) is 2.79. The van der Waals surface area contributed by atoms with Crippen molar-refractivity contribution in [3.8, 4) is 11.5 Å². The SMILES string of the molecule is Fc1ccc(-c2nc(Cl)c(I)c(C3CCCC3)n2)nc1. The highest BCUT2D eigenvalue weighted by atomic mass is 127. The zero-order chi connectivity index (χ0) is 14.1. The van der Waals surface area contributed by atoms with Crippen molar-refractivity contribution in [3.63, 3.8) is 0 Å². The first-order valence-corrected chi connectivity index (χ1v) is 7.95. The van der Waals surface area contributed by atoms with Crippen LogP contribution < -0.4 is 0 Å². The molecule has 0 aromatic carbocycles. The summed E-state index contributed by atoms with van der Waals surface area (Å²) in [7, 11) is 0. The predicted octanol–water partition coefficient (Wildman–Crippen LogP) is 4.59. The molecule has 0 spiro atoms. The first kappa shape index (κ1) is 14.1. The molecule has 1 fully saturated rings. The Labute approximate surface area is 135 Å². The maximum absolute atomic E-state index is 12.9. The lowest BCUT2D eigenvalue weighted by molar-refractivity contribution is 0.621. The summed E-state index contributed by atoms with van der Waals surface area (Å²) in [6.07, 6.45) is 5.90. The smallest absolute Gasteiger partial charge is 0.179 e. The van der Waals surface area contributed by atoms with Crippen molar-refractivity contribution in [2.75, 3.05) is 0 Å². The highest BCUT2D eigenvalue weighted by molar-refractivity contribution is 14.1. The second kappa shape index (κ2) is 5.89. The molecule has 2 aromatic rings. The minimum absolute atomic E-state index is 0.374. The number of aromatic nitrogens is 3. The largest absolute Gasteiger partial charge is 0.250 e. The van der Waals surface area contributed by atoms with Gasteiger partial charge >= 0.3 is 0 Å². The molecule has 0 amide bonds. The zero-order valence-corrected chi connectivity index (χ0v) is 13.5. The number of halogens is 3. The molecule has 0 bridgehead atoms. The molecule has 3 nitrogen and oxygen atoms in total. The molecular formula is C14H12ClFIN3. The lowest BCUT2D eigenvalue weighted by atomic mass is 10.0. The third-order valence-electron chi connectivity index (χ3n) is 3.53. The first-order chi connectivity index (χ1) is 9.65. The molecule has 20 heavy (non-hydrogen) atoms. The Balaban J connectivity index is 2.05. The van der Waals surface area contributed by atoms with Crippen LogP contribution in [0.3, 0.4) is 0 Å². The molecule has 1 saturated carbocycles. The fraction of sp³-hybridized carbons (Fsp3) is 0.357. The Morgan fingerprint density at radius 2 is 1.95 bits per heavy atom. The van der Waals surface area contributed by atoms with E-state index in [9.17, 15) is 4.39 Å². The summed E-state index contributed by atoms with van der Waals surface area (Å²) in [4.78, 5) is 12.9. The van der Waals surface area contributed by atoms with Gasteiger partial charge in [-0.3, -0.25) is 0 Å². The van der Waals surface area contributed by atoms with Crippen LogP contribution in [-0.2, 0) is 0 Å². The minimum Gasteiger partial charge on any atom is -0.250 e. The predicted molar refractivity (Wildman–Crippen MR) is 84.2 cm³/mol. The molecule has 0 atom stereocenters. The van der Waals surface area contributed by atoms with Gasteiger partial charge in [-0.15, -0.1) is 0 Å². The molecule has 2 heterocycles. The molecule has 1 aliphatic rings. The number of hydrogen-bond acceptors (Lipinski definition) is 3. The van der Waals surface area contributed by atoms with Gasteiger partial charge in [-0.1, -0.05) is 24.4 Å². The van der Waals surface area contributed by atoms with Crippen molar-refractivity contribution < 1.29 is 4.39 Å². The van der Waals surface area contributed by atoms with Gasteiger partial charge in [-0.25, -0.2) is 19.3 Å². The molecule has 0 saturated heterocycles. The van der Waals surface area contributed by atoms with Crippen LogP contribution in [0, 0.1) is 9.39 Å². The van der Waals surface area contributed by atoms with Crippen molar-refractivity contribution >= 4 is 34.2 Å². The fourth-order valence-corrected chi connectivity index (χ4v) is 3.39. The Morgan fingerprint density at radius 1 is 1.20 bits per heavy atom. The van der Waals surface area contributed by atoms with Gasteiger partial charge < -0.3 is 0 Å². The van der Waals surface area contributed by atoms with Crippen LogP contribution in [-0.4, -0.2) is 15.0 Å².